The third kappa shape index (κ3) is 3.34. The van der Waals surface area contributed by atoms with Crippen LogP contribution in [0.2, 0.25) is 0 Å². The highest BCUT2D eigenvalue weighted by molar-refractivity contribution is 5.95. The Morgan fingerprint density at radius 3 is 2.48 bits per heavy atom. The molecular weight excluding hydrogens is 266 g/mol. The van der Waals surface area contributed by atoms with Crippen molar-refractivity contribution in [1.29, 1.82) is 0 Å². The van der Waals surface area contributed by atoms with E-state index < -0.39 is 0 Å². The van der Waals surface area contributed by atoms with Gasteiger partial charge in [-0.1, -0.05) is 30.3 Å². The van der Waals surface area contributed by atoms with Gasteiger partial charge in [0.2, 0.25) is 0 Å². The smallest absolute Gasteiger partial charge is 0.251 e. The van der Waals surface area contributed by atoms with Gasteiger partial charge in [0.15, 0.2) is 11.5 Å². The van der Waals surface area contributed by atoms with Crippen LogP contribution in [0.1, 0.15) is 21.5 Å². The molecule has 0 radical (unpaired) electrons. The Hall–Kier alpha value is -2.49. The Labute approximate surface area is 124 Å². The standard InChI is InChI=1S/C17H19NO3/c1-12-7-4-5-9-14(12)17(19)18-11-13-8-6-10-15(20-2)16(13)21-3/h4-10H,11H2,1-3H3,(H,18,19). The van der Waals surface area contributed by atoms with E-state index >= 15 is 0 Å². The van der Waals surface area contributed by atoms with Crippen LogP contribution in [0.15, 0.2) is 42.5 Å². The van der Waals surface area contributed by atoms with Crippen LogP contribution in [0.4, 0.5) is 0 Å². The molecule has 0 spiro atoms. The predicted molar refractivity (Wildman–Crippen MR) is 81.9 cm³/mol. The van der Waals surface area contributed by atoms with E-state index in [1.165, 1.54) is 0 Å². The maximum Gasteiger partial charge on any atom is 0.251 e. The van der Waals surface area contributed by atoms with Crippen molar-refractivity contribution in [2.45, 2.75) is 13.5 Å². The van der Waals surface area contributed by atoms with Crippen molar-refractivity contribution in [3.8, 4) is 11.5 Å². The van der Waals surface area contributed by atoms with Crippen LogP contribution in [0.3, 0.4) is 0 Å². The zero-order valence-electron chi connectivity index (χ0n) is 12.5. The van der Waals surface area contributed by atoms with Crippen LogP contribution in [0, 0.1) is 6.92 Å². The van der Waals surface area contributed by atoms with E-state index in [1.807, 2.05) is 49.4 Å². The second-order valence-electron chi connectivity index (χ2n) is 4.65. The van der Waals surface area contributed by atoms with Gasteiger partial charge in [0.1, 0.15) is 0 Å². The molecule has 0 heterocycles. The first kappa shape index (κ1) is 14.9. The minimum absolute atomic E-state index is 0.0991. The SMILES string of the molecule is COc1cccc(CNC(=O)c2ccccc2C)c1OC. The minimum atomic E-state index is -0.0991. The molecule has 4 nitrogen and oxygen atoms in total. The van der Waals surface area contributed by atoms with Gasteiger partial charge in [0.25, 0.3) is 5.91 Å². The molecule has 1 amide bonds. The fourth-order valence-corrected chi connectivity index (χ4v) is 2.19. The van der Waals surface area contributed by atoms with Gasteiger partial charge < -0.3 is 14.8 Å². The number of ether oxygens (including phenoxy) is 2. The molecule has 0 saturated heterocycles. The summed E-state index contributed by atoms with van der Waals surface area (Å²) in [6.45, 7) is 2.30. The lowest BCUT2D eigenvalue weighted by atomic mass is 10.1. The Morgan fingerprint density at radius 1 is 1.05 bits per heavy atom. The predicted octanol–water partition coefficient (Wildman–Crippen LogP) is 2.94. The summed E-state index contributed by atoms with van der Waals surface area (Å²) in [5, 5.41) is 2.91. The Kier molecular flexibility index (Phi) is 4.82. The van der Waals surface area contributed by atoms with Crippen LogP contribution in [-0.2, 0) is 6.54 Å². The van der Waals surface area contributed by atoms with E-state index in [4.69, 9.17) is 9.47 Å². The molecule has 0 aliphatic carbocycles. The summed E-state index contributed by atoms with van der Waals surface area (Å²) < 4.78 is 10.6. The molecule has 0 saturated carbocycles. The number of hydrogen-bond acceptors (Lipinski definition) is 3. The van der Waals surface area contributed by atoms with Crippen LogP contribution in [0.5, 0.6) is 11.5 Å². The number of benzene rings is 2. The third-order valence-corrected chi connectivity index (χ3v) is 3.31. The molecule has 0 aliphatic heterocycles. The van der Waals surface area contributed by atoms with Crippen molar-refractivity contribution in [3.05, 3.63) is 59.2 Å². The summed E-state index contributed by atoms with van der Waals surface area (Å²) in [6.07, 6.45) is 0. The minimum Gasteiger partial charge on any atom is -0.493 e. The van der Waals surface area contributed by atoms with Gasteiger partial charge in [-0.15, -0.1) is 0 Å². The number of nitrogens with one attached hydrogen (secondary N) is 1. The fourth-order valence-electron chi connectivity index (χ4n) is 2.19. The van der Waals surface area contributed by atoms with Crippen LogP contribution in [0.25, 0.3) is 0 Å². The normalized spacial score (nSPS) is 10.0. The van der Waals surface area contributed by atoms with Crippen molar-refractivity contribution in [2.75, 3.05) is 14.2 Å². The van der Waals surface area contributed by atoms with Gasteiger partial charge in [-0.2, -0.15) is 0 Å². The number of methoxy groups -OCH3 is 2. The average molecular weight is 285 g/mol. The van der Waals surface area contributed by atoms with E-state index in [2.05, 4.69) is 5.32 Å². The van der Waals surface area contributed by atoms with E-state index in [0.29, 0.717) is 23.6 Å². The monoisotopic (exact) mass is 285 g/mol. The van der Waals surface area contributed by atoms with Crippen LogP contribution < -0.4 is 14.8 Å². The van der Waals surface area contributed by atoms with Crippen molar-refractivity contribution < 1.29 is 14.3 Å². The number of aryl methyl sites for hydroxylation is 1. The topological polar surface area (TPSA) is 47.6 Å². The van der Waals surface area contributed by atoms with Gasteiger partial charge in [0.05, 0.1) is 14.2 Å². The molecule has 2 aromatic carbocycles. The molecule has 2 rings (SSSR count). The zero-order valence-corrected chi connectivity index (χ0v) is 12.5. The quantitative estimate of drug-likeness (QED) is 0.918. The Morgan fingerprint density at radius 2 is 1.81 bits per heavy atom. The highest BCUT2D eigenvalue weighted by Crippen LogP contribution is 2.30. The van der Waals surface area contributed by atoms with Crippen LogP contribution >= 0.6 is 0 Å². The van der Waals surface area contributed by atoms with E-state index in [9.17, 15) is 4.79 Å². The summed E-state index contributed by atoms with van der Waals surface area (Å²) in [7, 11) is 3.18. The molecule has 0 bridgehead atoms. The summed E-state index contributed by atoms with van der Waals surface area (Å²) in [5.74, 6) is 1.20. The van der Waals surface area contributed by atoms with E-state index in [-0.39, 0.29) is 5.91 Å². The molecule has 0 aliphatic rings. The van der Waals surface area contributed by atoms with Gasteiger partial charge in [-0.3, -0.25) is 4.79 Å². The Balaban J connectivity index is 2.14. The number of para-hydroxylation sites is 1. The lowest BCUT2D eigenvalue weighted by Gasteiger charge is -2.13. The third-order valence-electron chi connectivity index (χ3n) is 3.31. The number of carbonyl (C=O) groups is 1. The molecule has 21 heavy (non-hydrogen) atoms. The van der Waals surface area contributed by atoms with Crippen molar-refractivity contribution in [2.24, 2.45) is 0 Å². The summed E-state index contributed by atoms with van der Waals surface area (Å²) in [6, 6.07) is 13.1. The second-order valence-corrected chi connectivity index (χ2v) is 4.65. The molecule has 0 unspecified atom stereocenters. The van der Waals surface area contributed by atoms with Gasteiger partial charge in [0, 0.05) is 17.7 Å². The van der Waals surface area contributed by atoms with Crippen LogP contribution in [-0.4, -0.2) is 20.1 Å². The first-order valence-electron chi connectivity index (χ1n) is 6.71. The van der Waals surface area contributed by atoms with Crippen molar-refractivity contribution in [3.63, 3.8) is 0 Å². The largest absolute Gasteiger partial charge is 0.493 e. The number of carbonyl (C=O) groups excluding carboxylic acids is 1. The van der Waals surface area contributed by atoms with Gasteiger partial charge in [-0.25, -0.2) is 0 Å². The molecule has 1 N–H and O–H groups in total. The molecular formula is C17H19NO3. The van der Waals surface area contributed by atoms with E-state index in [0.717, 1.165) is 11.1 Å². The summed E-state index contributed by atoms with van der Waals surface area (Å²) in [4.78, 5) is 12.2. The highest BCUT2D eigenvalue weighted by atomic mass is 16.5. The number of amides is 1. The molecule has 110 valence electrons. The highest BCUT2D eigenvalue weighted by Gasteiger charge is 2.12. The molecule has 0 fully saturated rings. The van der Waals surface area contributed by atoms with Gasteiger partial charge >= 0.3 is 0 Å². The molecule has 2 aromatic rings. The first-order chi connectivity index (χ1) is 10.2. The number of rotatable bonds is 5. The summed E-state index contributed by atoms with van der Waals surface area (Å²) in [5.41, 5.74) is 2.51. The second kappa shape index (κ2) is 6.79. The lowest BCUT2D eigenvalue weighted by molar-refractivity contribution is 0.0950. The zero-order chi connectivity index (χ0) is 15.2. The summed E-state index contributed by atoms with van der Waals surface area (Å²) >= 11 is 0. The number of hydrogen-bond donors (Lipinski definition) is 1. The van der Waals surface area contributed by atoms with Crippen molar-refractivity contribution in [1.82, 2.24) is 5.32 Å². The maximum atomic E-state index is 12.2. The van der Waals surface area contributed by atoms with Crippen molar-refractivity contribution >= 4 is 5.91 Å². The lowest BCUT2D eigenvalue weighted by Crippen LogP contribution is -2.23. The van der Waals surface area contributed by atoms with Gasteiger partial charge in [-0.05, 0) is 24.6 Å². The molecule has 0 aromatic heterocycles. The molecule has 4 heteroatoms. The first-order valence-corrected chi connectivity index (χ1v) is 6.71. The Bertz CT molecular complexity index is 638. The molecule has 0 atom stereocenters. The fraction of sp³-hybridized carbons (Fsp3) is 0.235. The van der Waals surface area contributed by atoms with E-state index in [1.54, 1.807) is 14.2 Å². The average Bonchev–Trinajstić information content (AvgIpc) is 2.52. The maximum absolute atomic E-state index is 12.2.